The lowest BCUT2D eigenvalue weighted by Gasteiger charge is -2.09. The van der Waals surface area contributed by atoms with Gasteiger partial charge in [0.1, 0.15) is 11.5 Å². The lowest BCUT2D eigenvalue weighted by Crippen LogP contribution is -2.16. The largest absolute Gasteiger partial charge is 0.493 e. The third-order valence-corrected chi connectivity index (χ3v) is 3.79. The zero-order chi connectivity index (χ0) is 18.8. The van der Waals surface area contributed by atoms with Crippen LogP contribution in [0.5, 0.6) is 11.5 Å². The zero-order valence-electron chi connectivity index (χ0n) is 14.7. The van der Waals surface area contributed by atoms with Gasteiger partial charge in [-0.3, -0.25) is 0 Å². The Morgan fingerprint density at radius 3 is 2.58 bits per heavy atom. The van der Waals surface area contributed by atoms with Gasteiger partial charge in [0, 0.05) is 11.4 Å². The van der Waals surface area contributed by atoms with Gasteiger partial charge in [-0.15, -0.1) is 0 Å². The minimum Gasteiger partial charge on any atom is -0.493 e. The van der Waals surface area contributed by atoms with Crippen LogP contribution in [0.1, 0.15) is 17.5 Å². The Morgan fingerprint density at radius 1 is 1.15 bits per heavy atom. The van der Waals surface area contributed by atoms with E-state index < -0.39 is 6.09 Å². The number of ether oxygens (including phenoxy) is 3. The average molecular weight is 377 g/mol. The molecule has 0 aliphatic heterocycles. The topological polar surface area (TPSA) is 69.2 Å². The normalized spacial score (nSPS) is 10.6. The predicted octanol–water partition coefficient (Wildman–Crippen LogP) is 4.19. The molecule has 26 heavy (non-hydrogen) atoms. The summed E-state index contributed by atoms with van der Waals surface area (Å²) in [5, 5.41) is 4.50. The zero-order valence-corrected chi connectivity index (χ0v) is 15.5. The highest BCUT2D eigenvalue weighted by molar-refractivity contribution is 6.31. The summed E-state index contributed by atoms with van der Waals surface area (Å²) in [5.41, 5.74) is 4.01. The van der Waals surface area contributed by atoms with Gasteiger partial charge in [-0.2, -0.15) is 5.10 Å². The molecule has 0 atom stereocenters. The molecule has 0 radical (unpaired) electrons. The molecule has 2 aromatic carbocycles. The lowest BCUT2D eigenvalue weighted by atomic mass is 10.2. The van der Waals surface area contributed by atoms with Crippen molar-refractivity contribution in [3.63, 3.8) is 0 Å². The van der Waals surface area contributed by atoms with Crippen LogP contribution in [0.2, 0.25) is 5.02 Å². The third kappa shape index (κ3) is 6.64. The van der Waals surface area contributed by atoms with Gasteiger partial charge >= 0.3 is 6.09 Å². The summed E-state index contributed by atoms with van der Waals surface area (Å²) >= 11 is 5.99. The maximum atomic E-state index is 10.9. The first kappa shape index (κ1) is 19.6. The van der Waals surface area contributed by atoms with Gasteiger partial charge in [0.05, 0.1) is 26.5 Å². The summed E-state index contributed by atoms with van der Waals surface area (Å²) in [4.78, 5) is 10.9. The molecule has 0 aromatic heterocycles. The number of halogens is 1. The van der Waals surface area contributed by atoms with Gasteiger partial charge < -0.3 is 14.2 Å². The van der Waals surface area contributed by atoms with Crippen molar-refractivity contribution in [2.24, 2.45) is 5.10 Å². The molecule has 1 N–H and O–H groups in total. The molecule has 1 amide bonds. The third-order valence-electron chi connectivity index (χ3n) is 3.37. The molecular weight excluding hydrogens is 356 g/mol. The van der Waals surface area contributed by atoms with Crippen LogP contribution in [0, 0.1) is 6.92 Å². The van der Waals surface area contributed by atoms with E-state index in [1.807, 2.05) is 49.4 Å². The van der Waals surface area contributed by atoms with Crippen molar-refractivity contribution in [3.8, 4) is 11.5 Å². The monoisotopic (exact) mass is 376 g/mol. The summed E-state index contributed by atoms with van der Waals surface area (Å²) in [6.07, 6.45) is 1.63. The molecule has 7 heteroatoms. The van der Waals surface area contributed by atoms with Crippen LogP contribution in [-0.4, -0.2) is 32.6 Å². The Labute approximate surface area is 157 Å². The van der Waals surface area contributed by atoms with Gasteiger partial charge in [0.15, 0.2) is 0 Å². The van der Waals surface area contributed by atoms with Gasteiger partial charge in [0.2, 0.25) is 0 Å². The van der Waals surface area contributed by atoms with Crippen molar-refractivity contribution in [3.05, 3.63) is 58.6 Å². The fourth-order valence-electron chi connectivity index (χ4n) is 2.04. The number of carbonyl (C=O) groups is 1. The number of carbonyl (C=O) groups excluding carboxylic acids is 1. The average Bonchev–Trinajstić information content (AvgIpc) is 2.64. The van der Waals surface area contributed by atoms with Gasteiger partial charge in [-0.25, -0.2) is 10.2 Å². The number of aryl methyl sites for hydroxylation is 1. The van der Waals surface area contributed by atoms with Crippen molar-refractivity contribution in [1.82, 2.24) is 5.43 Å². The van der Waals surface area contributed by atoms with Crippen LogP contribution < -0.4 is 14.9 Å². The minimum absolute atomic E-state index is 0.521. The molecular formula is C19H21ClN2O4. The van der Waals surface area contributed by atoms with Gasteiger partial charge in [0.25, 0.3) is 0 Å². The van der Waals surface area contributed by atoms with Crippen molar-refractivity contribution in [1.29, 1.82) is 0 Å². The summed E-state index contributed by atoms with van der Waals surface area (Å²) in [6.45, 7) is 3.01. The van der Waals surface area contributed by atoms with Gasteiger partial charge in [-0.05, 0) is 48.4 Å². The Balaban J connectivity index is 1.73. The van der Waals surface area contributed by atoms with E-state index in [4.69, 9.17) is 21.1 Å². The number of hydrazone groups is 1. The van der Waals surface area contributed by atoms with E-state index in [2.05, 4.69) is 15.3 Å². The van der Waals surface area contributed by atoms with Crippen molar-refractivity contribution in [2.75, 3.05) is 20.3 Å². The number of nitrogens with one attached hydrogen (secondary N) is 1. The first-order valence-electron chi connectivity index (χ1n) is 8.07. The molecule has 0 fully saturated rings. The number of nitrogens with zero attached hydrogens (tertiary/aromatic N) is 1. The van der Waals surface area contributed by atoms with E-state index in [0.717, 1.165) is 28.3 Å². The SMILES string of the molecule is COC(=O)N/N=C\c1cccc(OCCCOc2ccc(Cl)c(C)c2)c1. The van der Waals surface area contributed by atoms with Crippen LogP contribution in [0.15, 0.2) is 47.6 Å². The molecule has 6 nitrogen and oxygen atoms in total. The second-order valence-electron chi connectivity index (χ2n) is 5.40. The van der Waals surface area contributed by atoms with Crippen molar-refractivity contribution < 1.29 is 19.0 Å². The molecule has 0 unspecified atom stereocenters. The Bertz CT molecular complexity index is 765. The lowest BCUT2D eigenvalue weighted by molar-refractivity contribution is 0.171. The Kier molecular flexibility index (Phi) is 7.76. The summed E-state index contributed by atoms with van der Waals surface area (Å²) in [5.74, 6) is 1.51. The predicted molar refractivity (Wildman–Crippen MR) is 101 cm³/mol. The highest BCUT2D eigenvalue weighted by Gasteiger charge is 2.00. The van der Waals surface area contributed by atoms with Crippen molar-refractivity contribution >= 4 is 23.9 Å². The molecule has 0 bridgehead atoms. The number of benzene rings is 2. The van der Waals surface area contributed by atoms with Crippen LogP contribution in [0.3, 0.4) is 0 Å². The molecule has 0 aliphatic carbocycles. The van der Waals surface area contributed by atoms with E-state index in [9.17, 15) is 4.79 Å². The molecule has 0 heterocycles. The quantitative estimate of drug-likeness (QED) is 0.426. The highest BCUT2D eigenvalue weighted by Crippen LogP contribution is 2.21. The fourth-order valence-corrected chi connectivity index (χ4v) is 2.15. The maximum absolute atomic E-state index is 10.9. The Morgan fingerprint density at radius 2 is 1.88 bits per heavy atom. The number of rotatable bonds is 8. The van der Waals surface area contributed by atoms with Gasteiger partial charge in [-0.1, -0.05) is 23.7 Å². The molecule has 2 rings (SSSR count). The minimum atomic E-state index is -0.621. The molecule has 0 saturated carbocycles. The maximum Gasteiger partial charge on any atom is 0.427 e. The van der Waals surface area contributed by atoms with Crippen LogP contribution >= 0.6 is 11.6 Å². The summed E-state index contributed by atoms with van der Waals surface area (Å²) in [6, 6.07) is 13.0. The standard InChI is InChI=1S/C19H21ClN2O4/c1-14-11-17(7-8-18(14)20)26-10-4-9-25-16-6-3-5-15(12-16)13-21-22-19(23)24-2/h3,5-8,11-13H,4,9-10H2,1-2H3,(H,22,23)/b21-13-. The molecule has 138 valence electrons. The second kappa shape index (κ2) is 10.3. The molecule has 0 spiro atoms. The van der Waals surface area contributed by atoms with Crippen molar-refractivity contribution in [2.45, 2.75) is 13.3 Å². The molecule has 0 saturated heterocycles. The summed E-state index contributed by atoms with van der Waals surface area (Å²) < 4.78 is 15.8. The first-order valence-corrected chi connectivity index (χ1v) is 8.45. The fraction of sp³-hybridized carbons (Fsp3) is 0.263. The smallest absolute Gasteiger partial charge is 0.427 e. The summed E-state index contributed by atoms with van der Waals surface area (Å²) in [7, 11) is 1.27. The number of hydrogen-bond acceptors (Lipinski definition) is 5. The number of amides is 1. The Hall–Kier alpha value is -2.73. The van der Waals surface area contributed by atoms with E-state index in [1.165, 1.54) is 13.3 Å². The molecule has 0 aliphatic rings. The van der Waals surface area contributed by atoms with E-state index in [0.29, 0.717) is 19.0 Å². The van der Waals surface area contributed by atoms with E-state index in [1.54, 1.807) is 0 Å². The van der Waals surface area contributed by atoms with Crippen LogP contribution in [0.4, 0.5) is 4.79 Å². The highest BCUT2D eigenvalue weighted by atomic mass is 35.5. The van der Waals surface area contributed by atoms with Crippen LogP contribution in [0.25, 0.3) is 0 Å². The van der Waals surface area contributed by atoms with E-state index in [-0.39, 0.29) is 0 Å². The van der Waals surface area contributed by atoms with E-state index >= 15 is 0 Å². The van der Waals surface area contributed by atoms with Crippen LogP contribution in [-0.2, 0) is 4.74 Å². The first-order chi connectivity index (χ1) is 12.6. The number of hydrogen-bond donors (Lipinski definition) is 1. The number of methoxy groups -OCH3 is 1. The second-order valence-corrected chi connectivity index (χ2v) is 5.80. The molecule has 2 aromatic rings.